The van der Waals surface area contributed by atoms with Crippen molar-refractivity contribution >= 4 is 11.6 Å². The van der Waals surface area contributed by atoms with E-state index in [0.717, 1.165) is 6.42 Å². The summed E-state index contributed by atoms with van der Waals surface area (Å²) in [7, 11) is 0. The van der Waals surface area contributed by atoms with Gasteiger partial charge >= 0.3 is 0 Å². The molecule has 1 atom stereocenters. The third kappa shape index (κ3) is 2.81. The molecule has 0 amide bonds. The molecule has 2 aromatic heterocycles. The quantitative estimate of drug-likeness (QED) is 0.903. The SMILES string of the molecule is CC(CCN)c1nc(-c2ccc(Cl)cn2)no1. The van der Waals surface area contributed by atoms with Crippen LogP contribution in [0.5, 0.6) is 0 Å². The second-order valence-electron chi connectivity index (χ2n) is 3.80. The average Bonchev–Trinajstić information content (AvgIpc) is 2.80. The molecule has 0 radical (unpaired) electrons. The van der Waals surface area contributed by atoms with E-state index in [1.165, 1.54) is 0 Å². The smallest absolute Gasteiger partial charge is 0.229 e. The second-order valence-corrected chi connectivity index (χ2v) is 4.23. The summed E-state index contributed by atoms with van der Waals surface area (Å²) >= 11 is 5.76. The van der Waals surface area contributed by atoms with Crippen LogP contribution < -0.4 is 5.73 Å². The van der Waals surface area contributed by atoms with Crippen molar-refractivity contribution in [3.63, 3.8) is 0 Å². The van der Waals surface area contributed by atoms with E-state index in [1.54, 1.807) is 18.3 Å². The molecule has 6 heteroatoms. The Morgan fingerprint density at radius 3 is 2.94 bits per heavy atom. The normalized spacial score (nSPS) is 12.6. The van der Waals surface area contributed by atoms with Crippen molar-refractivity contribution in [2.24, 2.45) is 5.73 Å². The van der Waals surface area contributed by atoms with Crippen LogP contribution in [0.25, 0.3) is 11.5 Å². The Labute approximate surface area is 104 Å². The van der Waals surface area contributed by atoms with Crippen molar-refractivity contribution in [1.82, 2.24) is 15.1 Å². The first-order valence-corrected chi connectivity index (χ1v) is 5.74. The highest BCUT2D eigenvalue weighted by Crippen LogP contribution is 2.20. The lowest BCUT2D eigenvalue weighted by Gasteiger charge is -2.01. The highest BCUT2D eigenvalue weighted by molar-refractivity contribution is 6.30. The van der Waals surface area contributed by atoms with Crippen LogP contribution in [0.4, 0.5) is 0 Å². The summed E-state index contributed by atoms with van der Waals surface area (Å²) in [6.07, 6.45) is 2.37. The summed E-state index contributed by atoms with van der Waals surface area (Å²) in [5.41, 5.74) is 6.13. The monoisotopic (exact) mass is 252 g/mol. The van der Waals surface area contributed by atoms with Gasteiger partial charge in [0.1, 0.15) is 5.69 Å². The fraction of sp³-hybridized carbons (Fsp3) is 0.364. The third-order valence-corrected chi connectivity index (χ3v) is 2.64. The van der Waals surface area contributed by atoms with E-state index in [-0.39, 0.29) is 5.92 Å². The van der Waals surface area contributed by atoms with Crippen LogP contribution in [0.3, 0.4) is 0 Å². The van der Waals surface area contributed by atoms with E-state index in [9.17, 15) is 0 Å². The lowest BCUT2D eigenvalue weighted by Crippen LogP contribution is -2.04. The van der Waals surface area contributed by atoms with Crippen molar-refractivity contribution in [1.29, 1.82) is 0 Å². The van der Waals surface area contributed by atoms with Crippen LogP contribution in [0.15, 0.2) is 22.9 Å². The number of hydrogen-bond donors (Lipinski definition) is 1. The molecule has 17 heavy (non-hydrogen) atoms. The lowest BCUT2D eigenvalue weighted by molar-refractivity contribution is 0.355. The standard InChI is InChI=1S/C11H13ClN4O/c1-7(4-5-13)11-15-10(16-17-11)9-3-2-8(12)6-14-9/h2-3,6-7H,4-5,13H2,1H3. The largest absolute Gasteiger partial charge is 0.339 e. The fourth-order valence-corrected chi connectivity index (χ4v) is 1.53. The molecule has 2 heterocycles. The summed E-state index contributed by atoms with van der Waals surface area (Å²) in [4.78, 5) is 8.42. The molecule has 0 aliphatic rings. The number of nitrogens with zero attached hydrogens (tertiary/aromatic N) is 3. The van der Waals surface area contributed by atoms with Crippen molar-refractivity contribution < 1.29 is 4.52 Å². The Hall–Kier alpha value is -1.46. The van der Waals surface area contributed by atoms with Gasteiger partial charge in [0, 0.05) is 12.1 Å². The summed E-state index contributed by atoms with van der Waals surface area (Å²) in [6, 6.07) is 3.49. The topological polar surface area (TPSA) is 77.8 Å². The third-order valence-electron chi connectivity index (χ3n) is 2.42. The van der Waals surface area contributed by atoms with Gasteiger partial charge in [-0.25, -0.2) is 0 Å². The zero-order valence-electron chi connectivity index (χ0n) is 9.43. The van der Waals surface area contributed by atoms with Crippen LogP contribution in [0, 0.1) is 0 Å². The Morgan fingerprint density at radius 1 is 1.47 bits per heavy atom. The average molecular weight is 253 g/mol. The van der Waals surface area contributed by atoms with Gasteiger partial charge in [0.05, 0.1) is 5.02 Å². The molecule has 2 N–H and O–H groups in total. The van der Waals surface area contributed by atoms with Crippen molar-refractivity contribution in [3.8, 4) is 11.5 Å². The first kappa shape index (κ1) is 12.0. The van der Waals surface area contributed by atoms with Gasteiger partial charge in [-0.2, -0.15) is 4.98 Å². The van der Waals surface area contributed by atoms with Crippen LogP contribution in [0.1, 0.15) is 25.2 Å². The first-order valence-electron chi connectivity index (χ1n) is 5.36. The molecule has 5 nitrogen and oxygen atoms in total. The van der Waals surface area contributed by atoms with Gasteiger partial charge in [0.15, 0.2) is 0 Å². The van der Waals surface area contributed by atoms with Gasteiger partial charge in [0.25, 0.3) is 0 Å². The summed E-state index contributed by atoms with van der Waals surface area (Å²) in [5.74, 6) is 1.22. The predicted octanol–water partition coefficient (Wildman–Crippen LogP) is 2.24. The molecule has 0 saturated carbocycles. The number of pyridine rings is 1. The Morgan fingerprint density at radius 2 is 2.29 bits per heavy atom. The van der Waals surface area contributed by atoms with Crippen molar-refractivity contribution in [2.45, 2.75) is 19.3 Å². The first-order chi connectivity index (χ1) is 8.20. The molecule has 0 saturated heterocycles. The van der Waals surface area contributed by atoms with E-state index in [2.05, 4.69) is 15.1 Å². The number of nitrogens with two attached hydrogens (primary N) is 1. The number of aromatic nitrogens is 3. The highest BCUT2D eigenvalue weighted by atomic mass is 35.5. The molecule has 1 unspecified atom stereocenters. The molecular weight excluding hydrogens is 240 g/mol. The number of hydrogen-bond acceptors (Lipinski definition) is 5. The Bertz CT molecular complexity index is 482. The van der Waals surface area contributed by atoms with Crippen LogP contribution in [0.2, 0.25) is 5.02 Å². The molecule has 2 rings (SSSR count). The molecule has 0 bridgehead atoms. The molecule has 2 aromatic rings. The summed E-state index contributed by atoms with van der Waals surface area (Å²) < 4.78 is 5.17. The van der Waals surface area contributed by atoms with E-state index in [4.69, 9.17) is 21.9 Å². The molecule has 0 fully saturated rings. The highest BCUT2D eigenvalue weighted by Gasteiger charge is 2.15. The van der Waals surface area contributed by atoms with Gasteiger partial charge in [-0.05, 0) is 25.1 Å². The number of halogens is 1. The summed E-state index contributed by atoms with van der Waals surface area (Å²) in [5, 5.41) is 4.46. The minimum atomic E-state index is 0.161. The predicted molar refractivity (Wildman–Crippen MR) is 64.6 cm³/mol. The molecule has 0 aromatic carbocycles. The molecule has 0 spiro atoms. The Balaban J connectivity index is 2.20. The minimum Gasteiger partial charge on any atom is -0.339 e. The van der Waals surface area contributed by atoms with E-state index in [1.807, 2.05) is 6.92 Å². The van der Waals surface area contributed by atoms with Crippen molar-refractivity contribution in [3.05, 3.63) is 29.2 Å². The van der Waals surface area contributed by atoms with Gasteiger partial charge in [0.2, 0.25) is 11.7 Å². The second kappa shape index (κ2) is 5.25. The van der Waals surface area contributed by atoms with Crippen LogP contribution >= 0.6 is 11.6 Å². The molecule has 0 aliphatic heterocycles. The van der Waals surface area contributed by atoms with Gasteiger partial charge in [-0.1, -0.05) is 23.7 Å². The van der Waals surface area contributed by atoms with Crippen LogP contribution in [-0.2, 0) is 0 Å². The van der Waals surface area contributed by atoms with E-state index in [0.29, 0.717) is 29.0 Å². The molecule has 90 valence electrons. The van der Waals surface area contributed by atoms with E-state index >= 15 is 0 Å². The van der Waals surface area contributed by atoms with Gasteiger partial charge < -0.3 is 10.3 Å². The maximum atomic E-state index is 5.76. The molecular formula is C11H13ClN4O. The maximum absolute atomic E-state index is 5.76. The van der Waals surface area contributed by atoms with Gasteiger partial charge in [-0.15, -0.1) is 0 Å². The minimum absolute atomic E-state index is 0.161. The van der Waals surface area contributed by atoms with E-state index < -0.39 is 0 Å². The van der Waals surface area contributed by atoms with Gasteiger partial charge in [-0.3, -0.25) is 4.98 Å². The Kier molecular flexibility index (Phi) is 3.71. The zero-order valence-corrected chi connectivity index (χ0v) is 10.2. The zero-order chi connectivity index (χ0) is 12.3. The van der Waals surface area contributed by atoms with Crippen LogP contribution in [-0.4, -0.2) is 21.7 Å². The van der Waals surface area contributed by atoms with Crippen molar-refractivity contribution in [2.75, 3.05) is 6.54 Å². The summed E-state index contributed by atoms with van der Waals surface area (Å²) in [6.45, 7) is 2.59. The fourth-order valence-electron chi connectivity index (χ4n) is 1.42. The molecule has 0 aliphatic carbocycles. The lowest BCUT2D eigenvalue weighted by atomic mass is 10.1. The number of rotatable bonds is 4. The maximum Gasteiger partial charge on any atom is 0.229 e.